The van der Waals surface area contributed by atoms with Gasteiger partial charge in [-0.3, -0.25) is 4.79 Å². The van der Waals surface area contributed by atoms with Crippen LogP contribution in [0.5, 0.6) is 17.2 Å². The van der Waals surface area contributed by atoms with Crippen molar-refractivity contribution in [1.29, 1.82) is 0 Å². The standard InChI is InChI=1S/C32H30O6/c1-31(2,3)27-13-17(21-9-7-19(33)15-25(21)37-27)11-23-29(35)24(30(23)36)12-18-14-28(32(4,5)6)38-26-16-20(34)8-10-22(18)26/h7-16H,1-6H3,(H2-,33,34,35,36)/p+1. The van der Waals surface area contributed by atoms with Crippen molar-refractivity contribution in [1.82, 2.24) is 0 Å². The highest BCUT2D eigenvalue weighted by Crippen LogP contribution is 2.43. The number of allylic oxidation sites excluding steroid dienone is 6. The second-order valence-electron chi connectivity index (χ2n) is 11.8. The Balaban J connectivity index is 1.62. The van der Waals surface area contributed by atoms with E-state index >= 15 is 0 Å². The van der Waals surface area contributed by atoms with Crippen LogP contribution in [0, 0.1) is 5.41 Å². The van der Waals surface area contributed by atoms with Crippen molar-refractivity contribution in [2.24, 2.45) is 5.41 Å². The molecule has 0 saturated heterocycles. The van der Waals surface area contributed by atoms with Crippen LogP contribution in [0.25, 0.3) is 22.6 Å². The van der Waals surface area contributed by atoms with Gasteiger partial charge in [0.05, 0.1) is 28.0 Å². The van der Waals surface area contributed by atoms with Crippen LogP contribution in [-0.2, 0) is 10.2 Å². The second-order valence-corrected chi connectivity index (χ2v) is 11.8. The number of ether oxygens (including phenoxy) is 1. The van der Waals surface area contributed by atoms with Crippen molar-refractivity contribution in [3.05, 3.63) is 94.2 Å². The van der Waals surface area contributed by atoms with E-state index in [4.69, 9.17) is 9.15 Å². The maximum atomic E-state index is 13.3. The van der Waals surface area contributed by atoms with Gasteiger partial charge in [0, 0.05) is 28.7 Å². The lowest BCUT2D eigenvalue weighted by atomic mass is 9.83. The quantitative estimate of drug-likeness (QED) is 0.242. The molecule has 3 aromatic rings. The molecule has 0 unspecified atom stereocenters. The number of hydrogen-bond acceptors (Lipinski definition) is 5. The van der Waals surface area contributed by atoms with Gasteiger partial charge in [-0.2, -0.15) is 0 Å². The van der Waals surface area contributed by atoms with Crippen molar-refractivity contribution in [3.8, 4) is 17.2 Å². The van der Waals surface area contributed by atoms with Crippen molar-refractivity contribution in [3.63, 3.8) is 0 Å². The van der Waals surface area contributed by atoms with Gasteiger partial charge >= 0.3 is 11.3 Å². The Morgan fingerprint density at radius 2 is 1.53 bits per heavy atom. The second kappa shape index (κ2) is 8.62. The van der Waals surface area contributed by atoms with Crippen LogP contribution < -0.4 is 4.74 Å². The van der Waals surface area contributed by atoms with Crippen LogP contribution in [0.1, 0.15) is 58.4 Å². The molecule has 1 aliphatic heterocycles. The normalized spacial score (nSPS) is 17.9. The molecule has 0 saturated carbocycles. The largest absolute Gasteiger partial charge is 0.508 e. The highest BCUT2D eigenvalue weighted by Gasteiger charge is 2.35. The first-order chi connectivity index (χ1) is 17.7. The van der Waals surface area contributed by atoms with Gasteiger partial charge < -0.3 is 20.1 Å². The molecule has 38 heavy (non-hydrogen) atoms. The Morgan fingerprint density at radius 1 is 0.842 bits per heavy atom. The monoisotopic (exact) mass is 511 g/mol. The SMILES string of the molecule is CC(C)(C)C1=CC(=CC2=C(O)C(=Cc3cc(C(C)(C)C)[o+]c4cc(O)ccc34)C2=O)c2ccc(O)cc2O1. The lowest BCUT2D eigenvalue weighted by Gasteiger charge is -2.29. The first-order valence-corrected chi connectivity index (χ1v) is 12.5. The number of carbonyl (C=O) groups excluding carboxylic acids is 1. The minimum atomic E-state index is -0.314. The molecule has 0 radical (unpaired) electrons. The molecule has 0 amide bonds. The van der Waals surface area contributed by atoms with E-state index in [0.717, 1.165) is 0 Å². The van der Waals surface area contributed by atoms with E-state index < -0.39 is 0 Å². The number of rotatable bonds is 2. The molecule has 6 heteroatoms. The highest BCUT2D eigenvalue weighted by molar-refractivity contribution is 6.24. The maximum Gasteiger partial charge on any atom is 0.364 e. The molecule has 194 valence electrons. The van der Waals surface area contributed by atoms with E-state index in [-0.39, 0.29) is 45.0 Å². The molecule has 0 atom stereocenters. The third-order valence-corrected chi connectivity index (χ3v) is 6.64. The Hall–Kier alpha value is -4.32. The van der Waals surface area contributed by atoms with Crippen molar-refractivity contribution in [2.45, 2.75) is 47.0 Å². The predicted molar refractivity (Wildman–Crippen MR) is 148 cm³/mol. The van der Waals surface area contributed by atoms with Crippen LogP contribution in [0.4, 0.5) is 0 Å². The highest BCUT2D eigenvalue weighted by atomic mass is 16.5. The summed E-state index contributed by atoms with van der Waals surface area (Å²) < 4.78 is 12.1. The number of ketones is 1. The summed E-state index contributed by atoms with van der Waals surface area (Å²) >= 11 is 0. The topological polar surface area (TPSA) is 98.3 Å². The predicted octanol–water partition coefficient (Wildman–Crippen LogP) is 7.61. The van der Waals surface area contributed by atoms with Crippen molar-refractivity contribution < 1.29 is 29.3 Å². The molecular weight excluding hydrogens is 480 g/mol. The van der Waals surface area contributed by atoms with E-state index in [2.05, 4.69) is 0 Å². The molecule has 2 aromatic carbocycles. The Morgan fingerprint density at radius 3 is 2.18 bits per heavy atom. The Labute approximate surface area is 221 Å². The smallest absolute Gasteiger partial charge is 0.364 e. The molecule has 0 fully saturated rings. The van der Waals surface area contributed by atoms with Gasteiger partial charge in [-0.15, -0.1) is 0 Å². The summed E-state index contributed by atoms with van der Waals surface area (Å²) in [6.45, 7) is 12.1. The maximum absolute atomic E-state index is 13.3. The molecule has 1 aliphatic carbocycles. The molecule has 0 bridgehead atoms. The number of benzene rings is 2. The summed E-state index contributed by atoms with van der Waals surface area (Å²) in [5.41, 5.74) is 2.40. The number of Topliss-reactive ketones (excluding diaryl/α,β-unsaturated/α-hetero) is 1. The van der Waals surface area contributed by atoms with Gasteiger partial charge in [-0.25, -0.2) is 4.42 Å². The lowest BCUT2D eigenvalue weighted by molar-refractivity contribution is -0.113. The summed E-state index contributed by atoms with van der Waals surface area (Å²) in [6, 6.07) is 11.5. The van der Waals surface area contributed by atoms with E-state index in [1.807, 2.05) is 53.7 Å². The van der Waals surface area contributed by atoms with Crippen LogP contribution in [0.3, 0.4) is 0 Å². The number of phenols is 2. The fourth-order valence-corrected chi connectivity index (χ4v) is 4.40. The molecule has 2 heterocycles. The van der Waals surface area contributed by atoms with E-state index in [1.54, 1.807) is 48.6 Å². The Bertz CT molecular complexity index is 1630. The molecule has 2 aliphatic rings. The summed E-state index contributed by atoms with van der Waals surface area (Å²) in [6.07, 6.45) is 5.19. The first-order valence-electron chi connectivity index (χ1n) is 12.5. The summed E-state index contributed by atoms with van der Waals surface area (Å²) in [5.74, 6) is 1.64. The summed E-state index contributed by atoms with van der Waals surface area (Å²) in [7, 11) is 0. The summed E-state index contributed by atoms with van der Waals surface area (Å²) in [4.78, 5) is 13.3. The van der Waals surface area contributed by atoms with Gasteiger partial charge in [0.15, 0.2) is 0 Å². The van der Waals surface area contributed by atoms with Crippen LogP contribution >= 0.6 is 0 Å². The fourth-order valence-electron chi connectivity index (χ4n) is 4.40. The molecule has 5 rings (SSSR count). The van der Waals surface area contributed by atoms with Crippen LogP contribution in [0.2, 0.25) is 0 Å². The number of aromatic hydroxyl groups is 2. The van der Waals surface area contributed by atoms with Gasteiger partial charge in [0.1, 0.15) is 28.8 Å². The number of aliphatic hydroxyl groups is 1. The number of aliphatic hydroxyl groups excluding tert-OH is 1. The molecular formula is C32H31O6+. The average molecular weight is 512 g/mol. The zero-order valence-corrected chi connectivity index (χ0v) is 22.3. The van der Waals surface area contributed by atoms with Gasteiger partial charge in [-0.05, 0) is 68.8 Å². The third-order valence-electron chi connectivity index (χ3n) is 6.64. The van der Waals surface area contributed by atoms with Crippen molar-refractivity contribution >= 4 is 28.4 Å². The number of phenolic OH excluding ortho intramolecular Hbond substituents is 2. The number of fused-ring (bicyclic) bond motifs is 2. The van der Waals surface area contributed by atoms with Crippen LogP contribution in [0.15, 0.2) is 81.7 Å². The van der Waals surface area contributed by atoms with Gasteiger partial charge in [0.2, 0.25) is 5.78 Å². The van der Waals surface area contributed by atoms with E-state index in [0.29, 0.717) is 44.9 Å². The first kappa shape index (κ1) is 25.3. The third kappa shape index (κ3) is 4.47. The van der Waals surface area contributed by atoms with Crippen LogP contribution in [-0.4, -0.2) is 21.1 Å². The minimum Gasteiger partial charge on any atom is -0.508 e. The molecule has 0 spiro atoms. The lowest BCUT2D eigenvalue weighted by Crippen LogP contribution is -2.22. The zero-order valence-electron chi connectivity index (χ0n) is 22.3. The molecule has 1 aromatic heterocycles. The molecule has 3 N–H and O–H groups in total. The number of hydrogen-bond donors (Lipinski definition) is 3. The average Bonchev–Trinajstić information content (AvgIpc) is 2.83. The van der Waals surface area contributed by atoms with Gasteiger partial charge in [-0.1, -0.05) is 20.8 Å². The van der Waals surface area contributed by atoms with E-state index in [9.17, 15) is 20.1 Å². The van der Waals surface area contributed by atoms with Gasteiger partial charge in [0.25, 0.3) is 0 Å². The Kier molecular flexibility index (Phi) is 5.75. The summed E-state index contributed by atoms with van der Waals surface area (Å²) in [5, 5.41) is 31.6. The number of carbonyl (C=O) groups is 1. The minimum absolute atomic E-state index is 0.0787. The van der Waals surface area contributed by atoms with E-state index in [1.165, 1.54) is 0 Å². The fraction of sp³-hybridized carbons (Fsp3) is 0.250. The molecule has 6 nitrogen and oxygen atoms in total. The van der Waals surface area contributed by atoms with Crippen molar-refractivity contribution in [2.75, 3.05) is 0 Å². The zero-order chi connectivity index (χ0) is 27.6.